The van der Waals surface area contributed by atoms with Crippen LogP contribution in [-0.4, -0.2) is 20.1 Å². The van der Waals surface area contributed by atoms with Gasteiger partial charge in [-0.05, 0) is 42.1 Å². The number of hydrogen-bond donors (Lipinski definition) is 2. The quantitative estimate of drug-likeness (QED) is 0.531. The summed E-state index contributed by atoms with van der Waals surface area (Å²) in [6, 6.07) is 5.92. The number of fused-ring (bicyclic) bond motifs is 2. The van der Waals surface area contributed by atoms with E-state index < -0.39 is 0 Å². The van der Waals surface area contributed by atoms with Gasteiger partial charge in [0.15, 0.2) is 0 Å². The minimum Gasteiger partial charge on any atom is -0.342 e. The Morgan fingerprint density at radius 2 is 1.76 bits per heavy atom. The number of benzene rings is 1. The van der Waals surface area contributed by atoms with Crippen molar-refractivity contribution in [2.24, 2.45) is 0 Å². The van der Waals surface area contributed by atoms with Crippen LogP contribution >= 0.6 is 23.2 Å². The molecule has 4 rings (SSSR count). The van der Waals surface area contributed by atoms with E-state index in [0.29, 0.717) is 15.7 Å². The van der Waals surface area contributed by atoms with Crippen molar-refractivity contribution in [1.29, 1.82) is 0 Å². The van der Waals surface area contributed by atoms with Gasteiger partial charge in [0.2, 0.25) is 0 Å². The van der Waals surface area contributed by atoms with Gasteiger partial charge in [0.25, 0.3) is 5.82 Å². The van der Waals surface area contributed by atoms with Crippen LogP contribution in [0, 0.1) is 20.8 Å². The Morgan fingerprint density at radius 3 is 2.56 bits per heavy atom. The Balaban J connectivity index is 1.63. The van der Waals surface area contributed by atoms with Crippen LogP contribution in [0.1, 0.15) is 28.5 Å². The number of aromatic amines is 2. The molecule has 0 amide bonds. The average molecular weight is 375 g/mol. The zero-order valence-electron chi connectivity index (χ0n) is 14.2. The van der Waals surface area contributed by atoms with Crippen LogP contribution in [0.2, 0.25) is 10.0 Å². The molecule has 0 saturated heterocycles. The molecule has 0 atom stereocenters. The van der Waals surface area contributed by atoms with Crippen molar-refractivity contribution in [3.8, 4) is 0 Å². The third-order valence-electron chi connectivity index (χ3n) is 4.67. The number of rotatable bonds is 3. The molecule has 0 fully saturated rings. The molecule has 3 aromatic heterocycles. The first-order valence-electron chi connectivity index (χ1n) is 8.14. The number of halogens is 2. The van der Waals surface area contributed by atoms with Crippen LogP contribution in [0.25, 0.3) is 16.7 Å². The molecule has 0 spiro atoms. The number of aromatic nitrogens is 5. The maximum Gasteiger partial charge on any atom is 0.367 e. The van der Waals surface area contributed by atoms with Crippen LogP contribution in [0.4, 0.5) is 0 Å². The van der Waals surface area contributed by atoms with E-state index >= 15 is 0 Å². The molecule has 0 bridgehead atoms. The Labute approximate surface area is 155 Å². The maximum absolute atomic E-state index is 6.24. The molecule has 3 heterocycles. The fraction of sp³-hybridized carbons (Fsp3) is 0.278. The van der Waals surface area contributed by atoms with Crippen LogP contribution < -0.4 is 4.52 Å². The summed E-state index contributed by atoms with van der Waals surface area (Å²) < 4.78 is 1.83. The second kappa shape index (κ2) is 6.00. The summed E-state index contributed by atoms with van der Waals surface area (Å²) >= 11 is 12.4. The first-order valence-corrected chi connectivity index (χ1v) is 8.89. The summed E-state index contributed by atoms with van der Waals surface area (Å²) in [4.78, 5) is 12.7. The zero-order valence-corrected chi connectivity index (χ0v) is 15.8. The molecule has 0 unspecified atom stereocenters. The fourth-order valence-electron chi connectivity index (χ4n) is 3.01. The third kappa shape index (κ3) is 2.77. The molecule has 5 nitrogen and oxygen atoms in total. The Hall–Kier alpha value is -2.11. The highest BCUT2D eigenvalue weighted by Crippen LogP contribution is 2.21. The largest absolute Gasteiger partial charge is 0.367 e. The molecular formula is C18H18Cl2N5+. The number of imidazole rings is 1. The van der Waals surface area contributed by atoms with Gasteiger partial charge in [-0.3, -0.25) is 0 Å². The van der Waals surface area contributed by atoms with Crippen LogP contribution in [0.15, 0.2) is 18.2 Å². The van der Waals surface area contributed by atoms with Gasteiger partial charge >= 0.3 is 5.65 Å². The second-order valence-corrected chi connectivity index (χ2v) is 7.16. The van der Waals surface area contributed by atoms with E-state index in [1.165, 1.54) is 11.1 Å². The van der Waals surface area contributed by atoms with Crippen LogP contribution in [-0.2, 0) is 12.8 Å². The summed E-state index contributed by atoms with van der Waals surface area (Å²) in [5, 5.41) is 4.41. The molecule has 0 aliphatic rings. The van der Waals surface area contributed by atoms with Gasteiger partial charge in [0, 0.05) is 19.8 Å². The summed E-state index contributed by atoms with van der Waals surface area (Å²) in [5.41, 5.74) is 6.16. The molecule has 0 saturated carbocycles. The molecule has 4 aromatic rings. The average Bonchev–Trinajstić information content (AvgIpc) is 3.19. The van der Waals surface area contributed by atoms with Crippen molar-refractivity contribution in [3.05, 3.63) is 56.7 Å². The molecule has 1 aromatic carbocycles. The van der Waals surface area contributed by atoms with Crippen molar-refractivity contribution >= 4 is 39.9 Å². The van der Waals surface area contributed by atoms with Gasteiger partial charge < -0.3 is 4.98 Å². The van der Waals surface area contributed by atoms with Crippen LogP contribution in [0.3, 0.4) is 0 Å². The second-order valence-electron chi connectivity index (χ2n) is 6.34. The molecular weight excluding hydrogens is 357 g/mol. The topological polar surface area (TPSA) is 61.5 Å². The lowest BCUT2D eigenvalue weighted by Crippen LogP contribution is -2.28. The molecule has 0 aliphatic heterocycles. The van der Waals surface area contributed by atoms with Gasteiger partial charge in [0.1, 0.15) is 16.5 Å². The Morgan fingerprint density at radius 1 is 1.00 bits per heavy atom. The minimum absolute atomic E-state index is 0.535. The van der Waals surface area contributed by atoms with Gasteiger partial charge in [-0.25, -0.2) is 4.98 Å². The van der Waals surface area contributed by atoms with E-state index in [1.54, 1.807) is 6.07 Å². The third-order valence-corrected chi connectivity index (χ3v) is 5.33. The Bertz CT molecular complexity index is 1110. The van der Waals surface area contributed by atoms with Crippen molar-refractivity contribution in [3.63, 3.8) is 0 Å². The van der Waals surface area contributed by atoms with E-state index in [4.69, 9.17) is 28.2 Å². The van der Waals surface area contributed by atoms with E-state index in [2.05, 4.69) is 41.0 Å². The van der Waals surface area contributed by atoms with Crippen molar-refractivity contribution < 1.29 is 4.52 Å². The van der Waals surface area contributed by atoms with Gasteiger partial charge in [-0.15, -0.1) is 4.52 Å². The SMILES string of the molecule is Cc1ccc2[nH]c(CCc3nc4c(Cl)cc(Cl)c(C)[n+]4[nH]3)nc2c1C. The first-order chi connectivity index (χ1) is 11.9. The number of pyridine rings is 1. The Kier molecular flexibility index (Phi) is 3.93. The summed E-state index contributed by atoms with van der Waals surface area (Å²) in [6.45, 7) is 6.14. The maximum atomic E-state index is 6.24. The van der Waals surface area contributed by atoms with E-state index in [9.17, 15) is 0 Å². The summed E-state index contributed by atoms with van der Waals surface area (Å²) in [5.74, 6) is 1.80. The smallest absolute Gasteiger partial charge is 0.342 e. The number of hydrogen-bond acceptors (Lipinski definition) is 2. The van der Waals surface area contributed by atoms with Gasteiger partial charge in [0.05, 0.1) is 16.1 Å². The highest BCUT2D eigenvalue weighted by molar-refractivity contribution is 6.36. The van der Waals surface area contributed by atoms with Gasteiger partial charge in [-0.1, -0.05) is 29.3 Å². The zero-order chi connectivity index (χ0) is 17.7. The fourth-order valence-corrected chi connectivity index (χ4v) is 3.49. The van der Waals surface area contributed by atoms with Crippen molar-refractivity contribution in [1.82, 2.24) is 20.1 Å². The highest BCUT2D eigenvalue weighted by Gasteiger charge is 2.20. The van der Waals surface area contributed by atoms with Crippen molar-refractivity contribution in [2.75, 3.05) is 0 Å². The number of nitrogens with zero attached hydrogens (tertiary/aromatic N) is 3. The lowest BCUT2D eigenvalue weighted by molar-refractivity contribution is -0.584. The van der Waals surface area contributed by atoms with Crippen LogP contribution in [0.5, 0.6) is 0 Å². The lowest BCUT2D eigenvalue weighted by Gasteiger charge is -1.98. The van der Waals surface area contributed by atoms with E-state index in [1.807, 2.05) is 11.4 Å². The molecule has 25 heavy (non-hydrogen) atoms. The number of H-pyrrole nitrogens is 2. The molecule has 7 heteroatoms. The normalized spacial score (nSPS) is 11.7. The first kappa shape index (κ1) is 16.4. The summed E-state index contributed by atoms with van der Waals surface area (Å²) in [7, 11) is 0. The summed E-state index contributed by atoms with van der Waals surface area (Å²) in [6.07, 6.45) is 1.49. The highest BCUT2D eigenvalue weighted by atomic mass is 35.5. The standard InChI is InChI=1S/C18H17Cl2N5/c1-9-4-5-14-17(10(9)2)22-15(21-14)6-7-16-23-18-13(20)8-12(19)11(3)25(18)24-16/h4-5,8H,6-7H2,1-3H3,(H,21,22)/p+1. The monoisotopic (exact) mass is 374 g/mol. The lowest BCUT2D eigenvalue weighted by atomic mass is 10.1. The predicted octanol–water partition coefficient (Wildman–Crippen LogP) is 4.04. The van der Waals surface area contributed by atoms with Crippen molar-refractivity contribution in [2.45, 2.75) is 33.6 Å². The number of aryl methyl sites for hydroxylation is 5. The molecule has 0 radical (unpaired) electrons. The van der Waals surface area contributed by atoms with E-state index in [0.717, 1.165) is 41.2 Å². The molecule has 2 N–H and O–H groups in total. The molecule has 0 aliphatic carbocycles. The minimum atomic E-state index is 0.535. The van der Waals surface area contributed by atoms with Gasteiger partial charge in [-0.2, -0.15) is 5.10 Å². The molecule has 128 valence electrons. The predicted molar refractivity (Wildman–Crippen MR) is 99.5 cm³/mol. The number of nitrogens with one attached hydrogen (secondary N) is 2. The van der Waals surface area contributed by atoms with E-state index in [-0.39, 0.29) is 0 Å².